The first-order valence-electron chi connectivity index (χ1n) is 2.17. The summed E-state index contributed by atoms with van der Waals surface area (Å²) in [5.41, 5.74) is 0. The maximum atomic E-state index is 2.19. The third-order valence-corrected chi connectivity index (χ3v) is 3.06. The first-order chi connectivity index (χ1) is 3.29. The van der Waals surface area contributed by atoms with Crippen LogP contribution in [0.25, 0.3) is 0 Å². The van der Waals surface area contributed by atoms with Gasteiger partial charge in [-0.25, -0.2) is 0 Å². The van der Waals surface area contributed by atoms with Gasteiger partial charge in [0.2, 0.25) is 0 Å². The van der Waals surface area contributed by atoms with Gasteiger partial charge in [0.25, 0.3) is 0 Å². The molecule has 0 aromatic carbocycles. The number of hydrogen-bond donors (Lipinski definition) is 0. The summed E-state index contributed by atoms with van der Waals surface area (Å²) in [7, 11) is 0. The van der Waals surface area contributed by atoms with Gasteiger partial charge < -0.3 is 12.4 Å². The Kier molecular flexibility index (Phi) is 3.88. The minimum atomic E-state index is 0. The summed E-state index contributed by atoms with van der Waals surface area (Å²) in [5, 5.41) is 0. The van der Waals surface area contributed by atoms with Crippen LogP contribution in [0.3, 0.4) is 0 Å². The molecule has 8 heavy (non-hydrogen) atoms. The molecule has 0 bridgehead atoms. The Morgan fingerprint density at radius 2 is 2.12 bits per heavy atom. The summed E-state index contributed by atoms with van der Waals surface area (Å²) < 4.78 is 1.53. The topological polar surface area (TPSA) is 0 Å². The summed E-state index contributed by atoms with van der Waals surface area (Å²) in [6.45, 7) is 2.14. The Labute approximate surface area is 69.4 Å². The van der Waals surface area contributed by atoms with Crippen molar-refractivity contribution in [2.75, 3.05) is 0 Å². The molecule has 0 spiro atoms. The van der Waals surface area contributed by atoms with Crippen LogP contribution in [-0.2, 0) is 18.3 Å². The van der Waals surface area contributed by atoms with E-state index >= 15 is 0 Å². The number of halogens is 1. The maximum absolute atomic E-state index is 2.19. The normalized spacial score (nSPS) is 8.38. The zero-order chi connectivity index (χ0) is 5.28. The van der Waals surface area contributed by atoms with Crippen molar-refractivity contribution < 1.29 is 30.7 Å². The van der Waals surface area contributed by atoms with Crippen LogP contribution in [0.2, 0.25) is 0 Å². The molecular weight excluding hydrogens is 193 g/mol. The molecule has 0 atom stereocenters. The van der Waals surface area contributed by atoms with Gasteiger partial charge in [0.05, 0.1) is 0 Å². The Morgan fingerprint density at radius 1 is 1.50 bits per heavy atom. The number of aryl methyl sites for hydroxylation is 1. The van der Waals surface area contributed by atoms with Crippen molar-refractivity contribution in [2.45, 2.75) is 6.92 Å². The zero-order valence-electron chi connectivity index (χ0n) is 4.65. The zero-order valence-corrected chi connectivity index (χ0v) is 9.19. The molecule has 0 aliphatic carbocycles. The minimum absolute atomic E-state index is 0. The first kappa shape index (κ1) is 8.61. The molecule has 1 aromatic heterocycles. The predicted molar refractivity (Wildman–Crippen MR) is 28.7 cm³/mol. The van der Waals surface area contributed by atoms with Crippen molar-refractivity contribution in [1.82, 2.24) is 0 Å². The average molecular weight is 198 g/mol. The maximum Gasteiger partial charge on any atom is -1.00 e. The van der Waals surface area contributed by atoms with E-state index < -0.39 is 0 Å². The number of rotatable bonds is 0. The van der Waals surface area contributed by atoms with Gasteiger partial charge in [-0.2, -0.15) is 0 Å². The molecule has 3 heteroatoms. The molecule has 0 aliphatic heterocycles. The predicted octanol–water partition coefficient (Wildman–Crippen LogP) is -1.77. The van der Waals surface area contributed by atoms with Crippen molar-refractivity contribution in [3.63, 3.8) is 0 Å². The Bertz CT molecular complexity index is 145. The van der Waals surface area contributed by atoms with Crippen molar-refractivity contribution >= 4 is 14.8 Å². The average Bonchev–Trinajstić information content (AvgIpc) is 1.87. The van der Waals surface area contributed by atoms with Gasteiger partial charge in [-0.3, -0.25) is 0 Å². The summed E-state index contributed by atoms with van der Waals surface area (Å²) in [6.07, 6.45) is 0. The van der Waals surface area contributed by atoms with E-state index in [2.05, 4.69) is 19.1 Å². The molecule has 0 unspecified atom stereocenters. The molecule has 1 aromatic rings. The van der Waals surface area contributed by atoms with E-state index in [1.165, 1.54) is 26.7 Å². The van der Waals surface area contributed by atoms with Crippen LogP contribution in [0.5, 0.6) is 0 Å². The smallest absolute Gasteiger partial charge is 1.00 e. The summed E-state index contributed by atoms with van der Waals surface area (Å²) >= 11 is 3.20. The van der Waals surface area contributed by atoms with Crippen molar-refractivity contribution in [2.24, 2.45) is 0 Å². The van der Waals surface area contributed by atoms with Gasteiger partial charge in [0, 0.05) is 0 Å². The van der Waals surface area contributed by atoms with E-state index in [1.807, 2.05) is 11.3 Å². The van der Waals surface area contributed by atoms with Gasteiger partial charge in [0.1, 0.15) is 0 Å². The van der Waals surface area contributed by atoms with E-state index in [4.69, 9.17) is 0 Å². The third-order valence-electron chi connectivity index (χ3n) is 0.796. The standard InChI is InChI=1S/C5H5S.ClH.Zn/c1-5-3-2-4-6-5;;/h2-3H,1H3;1H;/q;;+1/p-1. The quantitative estimate of drug-likeness (QED) is 0.433. The van der Waals surface area contributed by atoms with Crippen LogP contribution in [0, 0.1) is 6.92 Å². The van der Waals surface area contributed by atoms with E-state index in [1.54, 1.807) is 0 Å². The van der Waals surface area contributed by atoms with Crippen molar-refractivity contribution in [1.29, 1.82) is 0 Å². The molecule has 0 saturated heterocycles. The minimum Gasteiger partial charge on any atom is -1.00 e. The van der Waals surface area contributed by atoms with Crippen LogP contribution in [0.1, 0.15) is 4.88 Å². The summed E-state index contributed by atoms with van der Waals surface area (Å²) in [4.78, 5) is 1.43. The molecule has 1 rings (SSSR count). The largest absolute Gasteiger partial charge is 1.00 e. The Morgan fingerprint density at radius 3 is 2.25 bits per heavy atom. The molecule has 0 saturated carbocycles. The number of hydrogen-bond acceptors (Lipinski definition) is 1. The van der Waals surface area contributed by atoms with Crippen LogP contribution in [-0.4, -0.2) is 0 Å². The fourth-order valence-electron chi connectivity index (χ4n) is 0.485. The van der Waals surface area contributed by atoms with Gasteiger partial charge >= 0.3 is 57.0 Å². The molecule has 40 valence electrons. The fraction of sp³-hybridized carbons (Fsp3) is 0.200. The van der Waals surface area contributed by atoms with E-state index in [9.17, 15) is 0 Å². The second-order valence-corrected chi connectivity index (χ2v) is 5.56. The summed E-state index contributed by atoms with van der Waals surface area (Å²) in [6, 6.07) is 4.36. The SMILES string of the molecule is Cc1cc[c]([Zn+])s1.[Cl-]. The number of thiophene rings is 1. The second kappa shape index (κ2) is 3.60. The van der Waals surface area contributed by atoms with Crippen LogP contribution in [0.4, 0.5) is 0 Å². The van der Waals surface area contributed by atoms with Gasteiger partial charge in [-0.15, -0.1) is 0 Å². The van der Waals surface area contributed by atoms with Crippen LogP contribution in [0.15, 0.2) is 12.1 Å². The second-order valence-electron chi connectivity index (χ2n) is 1.51. The fourth-order valence-corrected chi connectivity index (χ4v) is 2.85. The van der Waals surface area contributed by atoms with E-state index in [0.717, 1.165) is 0 Å². The van der Waals surface area contributed by atoms with Crippen molar-refractivity contribution in [3.8, 4) is 0 Å². The Balaban J connectivity index is 0.000000490. The molecule has 0 amide bonds. The van der Waals surface area contributed by atoms with Crippen LogP contribution >= 0.6 is 11.3 Å². The van der Waals surface area contributed by atoms with Gasteiger partial charge in [-0.1, -0.05) is 0 Å². The van der Waals surface area contributed by atoms with Gasteiger partial charge in [0.15, 0.2) is 0 Å². The van der Waals surface area contributed by atoms with E-state index in [0.29, 0.717) is 0 Å². The molecular formula is C5H5ClSZn. The third kappa shape index (κ3) is 2.25. The molecule has 0 radical (unpaired) electrons. The van der Waals surface area contributed by atoms with E-state index in [-0.39, 0.29) is 12.4 Å². The van der Waals surface area contributed by atoms with Gasteiger partial charge in [-0.05, 0) is 0 Å². The molecule has 0 nitrogen and oxygen atoms in total. The Hall–Kier alpha value is 0.613. The molecule has 0 N–H and O–H groups in total. The monoisotopic (exact) mass is 196 g/mol. The molecule has 0 aliphatic rings. The molecule has 0 fully saturated rings. The van der Waals surface area contributed by atoms with Crippen LogP contribution < -0.4 is 15.9 Å². The molecule has 1 heterocycles. The summed E-state index contributed by atoms with van der Waals surface area (Å²) in [5.74, 6) is 0. The van der Waals surface area contributed by atoms with Crippen molar-refractivity contribution in [3.05, 3.63) is 17.0 Å². The first-order valence-corrected chi connectivity index (χ1v) is 4.47.